The summed E-state index contributed by atoms with van der Waals surface area (Å²) in [7, 11) is -3.99. The number of nitrogens with zero attached hydrogens (tertiary/aromatic N) is 1. The van der Waals surface area contributed by atoms with Gasteiger partial charge in [0.25, 0.3) is 0 Å². The number of halogens is 3. The molecule has 0 saturated carbocycles. The normalized spacial score (nSPS) is 12.5. The number of aryl methyl sites for hydroxylation is 1. The minimum Gasteiger partial charge on any atom is -0.348 e. The summed E-state index contributed by atoms with van der Waals surface area (Å²) >= 11 is 12.1. The minimum absolute atomic E-state index is 0.0764. The van der Waals surface area contributed by atoms with Crippen LogP contribution in [0.25, 0.3) is 0 Å². The average molecular weight is 509 g/mol. The summed E-state index contributed by atoms with van der Waals surface area (Å²) in [4.78, 5) is 12.9. The Morgan fingerprint density at radius 3 is 2.24 bits per heavy atom. The van der Waals surface area contributed by atoms with Crippen molar-refractivity contribution >= 4 is 39.1 Å². The highest BCUT2D eigenvalue weighted by molar-refractivity contribution is 7.89. The highest BCUT2D eigenvalue weighted by atomic mass is 35.5. The molecule has 0 aliphatic carbocycles. The topological polar surface area (TPSA) is 66.5 Å². The van der Waals surface area contributed by atoms with Crippen molar-refractivity contribution < 1.29 is 17.6 Å². The zero-order chi connectivity index (χ0) is 24.2. The first kappa shape index (κ1) is 25.2. The maximum Gasteiger partial charge on any atom is 0.243 e. The molecule has 3 rings (SSSR count). The molecular formula is C24H23Cl2FN2O3S. The van der Waals surface area contributed by atoms with E-state index in [1.807, 2.05) is 6.92 Å². The number of hydrogen-bond donors (Lipinski definition) is 1. The van der Waals surface area contributed by atoms with E-state index in [1.54, 1.807) is 49.4 Å². The smallest absolute Gasteiger partial charge is 0.243 e. The predicted molar refractivity (Wildman–Crippen MR) is 128 cm³/mol. The molecule has 0 aliphatic heterocycles. The second-order valence-corrected chi connectivity index (χ2v) is 10.4. The van der Waals surface area contributed by atoms with Crippen LogP contribution in [0.4, 0.5) is 4.39 Å². The Kier molecular flexibility index (Phi) is 8.13. The molecule has 3 aromatic carbocycles. The van der Waals surface area contributed by atoms with Gasteiger partial charge in [-0.3, -0.25) is 4.79 Å². The van der Waals surface area contributed by atoms with Gasteiger partial charge in [-0.05, 0) is 61.4 Å². The molecule has 0 aromatic heterocycles. The molecule has 3 aromatic rings. The minimum atomic E-state index is -3.99. The predicted octanol–water partition coefficient (Wildman–Crippen LogP) is 5.51. The Balaban J connectivity index is 1.85. The van der Waals surface area contributed by atoms with Crippen LogP contribution >= 0.6 is 23.2 Å². The van der Waals surface area contributed by atoms with Gasteiger partial charge in [0.05, 0.1) is 27.5 Å². The lowest BCUT2D eigenvalue weighted by molar-refractivity contribution is -0.122. The van der Waals surface area contributed by atoms with Gasteiger partial charge < -0.3 is 5.32 Å². The SMILES string of the molecule is Cc1ccc(S(=O)(=O)N(CC(=O)N[C@H](C)c2ccc(F)cc2)Cc2ccc(Cl)c(Cl)c2)cc1. The Morgan fingerprint density at radius 1 is 1.00 bits per heavy atom. The summed E-state index contributed by atoms with van der Waals surface area (Å²) < 4.78 is 41.0. The zero-order valence-electron chi connectivity index (χ0n) is 18.1. The molecule has 0 saturated heterocycles. The van der Waals surface area contributed by atoms with Crippen LogP contribution in [0.3, 0.4) is 0 Å². The fourth-order valence-electron chi connectivity index (χ4n) is 3.21. The molecular weight excluding hydrogens is 486 g/mol. The molecule has 0 fully saturated rings. The molecule has 5 nitrogen and oxygen atoms in total. The second-order valence-electron chi connectivity index (χ2n) is 7.68. The van der Waals surface area contributed by atoms with E-state index in [-0.39, 0.29) is 22.3 Å². The molecule has 1 atom stereocenters. The van der Waals surface area contributed by atoms with Crippen LogP contribution in [0.15, 0.2) is 71.6 Å². The third kappa shape index (κ3) is 6.54. The highest BCUT2D eigenvalue weighted by Crippen LogP contribution is 2.25. The van der Waals surface area contributed by atoms with Crippen molar-refractivity contribution in [2.75, 3.05) is 6.54 Å². The van der Waals surface area contributed by atoms with Crippen molar-refractivity contribution in [1.29, 1.82) is 0 Å². The van der Waals surface area contributed by atoms with Crippen molar-refractivity contribution in [3.63, 3.8) is 0 Å². The number of carbonyl (C=O) groups is 1. The van der Waals surface area contributed by atoms with Gasteiger partial charge in [0, 0.05) is 6.54 Å². The van der Waals surface area contributed by atoms with Gasteiger partial charge in [0.2, 0.25) is 15.9 Å². The number of amides is 1. The van der Waals surface area contributed by atoms with Gasteiger partial charge in [-0.25, -0.2) is 12.8 Å². The Morgan fingerprint density at radius 2 is 1.64 bits per heavy atom. The zero-order valence-corrected chi connectivity index (χ0v) is 20.4. The molecule has 0 aliphatic rings. The fourth-order valence-corrected chi connectivity index (χ4v) is 4.91. The molecule has 9 heteroatoms. The van der Waals surface area contributed by atoms with Crippen LogP contribution in [0.5, 0.6) is 0 Å². The molecule has 0 unspecified atom stereocenters. The quantitative estimate of drug-likeness (QED) is 0.436. The van der Waals surface area contributed by atoms with E-state index in [0.29, 0.717) is 16.1 Å². The Labute approximate surface area is 203 Å². The van der Waals surface area contributed by atoms with E-state index in [2.05, 4.69) is 5.32 Å². The first-order valence-electron chi connectivity index (χ1n) is 10.1. The van der Waals surface area contributed by atoms with Crippen molar-refractivity contribution in [2.24, 2.45) is 0 Å². The Bertz CT molecular complexity index is 1230. The lowest BCUT2D eigenvalue weighted by Gasteiger charge is -2.23. The molecule has 0 radical (unpaired) electrons. The van der Waals surface area contributed by atoms with Crippen LogP contribution in [0.2, 0.25) is 10.0 Å². The first-order chi connectivity index (χ1) is 15.6. The standard InChI is InChI=1S/C24H23Cl2FN2O3S/c1-16-3-10-21(11-4-16)33(31,32)29(14-18-5-12-22(25)23(26)13-18)15-24(30)28-17(2)19-6-8-20(27)9-7-19/h3-13,17H,14-15H2,1-2H3,(H,28,30)/t17-/m1/s1. The molecule has 1 amide bonds. The van der Waals surface area contributed by atoms with Gasteiger partial charge >= 0.3 is 0 Å². The average Bonchev–Trinajstić information content (AvgIpc) is 2.76. The largest absolute Gasteiger partial charge is 0.348 e. The third-order valence-corrected chi connectivity index (χ3v) is 7.61. The number of rotatable bonds is 8. The van der Waals surface area contributed by atoms with Crippen molar-refractivity contribution in [2.45, 2.75) is 31.3 Å². The summed E-state index contributed by atoms with van der Waals surface area (Å²) in [6.07, 6.45) is 0. The van der Waals surface area contributed by atoms with E-state index >= 15 is 0 Å². The lowest BCUT2D eigenvalue weighted by atomic mass is 10.1. The fraction of sp³-hybridized carbons (Fsp3) is 0.208. The molecule has 0 heterocycles. The van der Waals surface area contributed by atoms with Gasteiger partial charge in [-0.1, -0.05) is 59.1 Å². The van der Waals surface area contributed by atoms with Gasteiger partial charge in [-0.2, -0.15) is 4.31 Å². The second kappa shape index (κ2) is 10.7. The molecule has 0 spiro atoms. The number of sulfonamides is 1. The van der Waals surface area contributed by atoms with Crippen LogP contribution < -0.4 is 5.32 Å². The van der Waals surface area contributed by atoms with Crippen molar-refractivity contribution in [3.8, 4) is 0 Å². The number of benzene rings is 3. The van der Waals surface area contributed by atoms with E-state index in [1.165, 1.54) is 24.3 Å². The van der Waals surface area contributed by atoms with Gasteiger partial charge in [0.15, 0.2) is 0 Å². The van der Waals surface area contributed by atoms with E-state index < -0.39 is 28.5 Å². The van der Waals surface area contributed by atoms with Gasteiger partial charge in [0.1, 0.15) is 5.82 Å². The van der Waals surface area contributed by atoms with Crippen LogP contribution in [0.1, 0.15) is 29.7 Å². The summed E-state index contributed by atoms with van der Waals surface area (Å²) in [5.74, 6) is -0.878. The van der Waals surface area contributed by atoms with Crippen molar-refractivity contribution in [3.05, 3.63) is 99.3 Å². The van der Waals surface area contributed by atoms with Crippen molar-refractivity contribution in [1.82, 2.24) is 9.62 Å². The molecule has 1 N–H and O–H groups in total. The highest BCUT2D eigenvalue weighted by Gasteiger charge is 2.27. The van der Waals surface area contributed by atoms with Crippen LogP contribution in [-0.2, 0) is 21.4 Å². The molecule has 0 bridgehead atoms. The van der Waals surface area contributed by atoms with Crippen LogP contribution in [-0.4, -0.2) is 25.2 Å². The number of hydrogen-bond acceptors (Lipinski definition) is 3. The summed E-state index contributed by atoms with van der Waals surface area (Å²) in [6.45, 7) is 3.10. The number of carbonyl (C=O) groups excluding carboxylic acids is 1. The molecule has 33 heavy (non-hydrogen) atoms. The van der Waals surface area contributed by atoms with E-state index in [4.69, 9.17) is 23.2 Å². The van der Waals surface area contributed by atoms with E-state index in [0.717, 1.165) is 9.87 Å². The maximum absolute atomic E-state index is 13.4. The monoisotopic (exact) mass is 508 g/mol. The lowest BCUT2D eigenvalue weighted by Crippen LogP contribution is -2.41. The van der Waals surface area contributed by atoms with Crippen LogP contribution in [0, 0.1) is 12.7 Å². The Hall–Kier alpha value is -2.45. The summed E-state index contributed by atoms with van der Waals surface area (Å²) in [5.41, 5.74) is 2.19. The maximum atomic E-state index is 13.4. The molecule has 174 valence electrons. The number of nitrogens with one attached hydrogen (secondary N) is 1. The van der Waals surface area contributed by atoms with Gasteiger partial charge in [-0.15, -0.1) is 0 Å². The first-order valence-corrected chi connectivity index (χ1v) is 12.3. The summed E-state index contributed by atoms with van der Waals surface area (Å²) in [5, 5.41) is 3.41. The third-order valence-electron chi connectivity index (χ3n) is 5.07. The van der Waals surface area contributed by atoms with E-state index in [9.17, 15) is 17.6 Å². The summed E-state index contributed by atoms with van der Waals surface area (Å²) in [6, 6.07) is 16.5.